The lowest BCUT2D eigenvalue weighted by Crippen LogP contribution is -2.41. The summed E-state index contributed by atoms with van der Waals surface area (Å²) in [5.41, 5.74) is 3.92. The zero-order valence-electron chi connectivity index (χ0n) is 16.7. The summed E-state index contributed by atoms with van der Waals surface area (Å²) in [4.78, 5) is 12.7. The van der Waals surface area contributed by atoms with Crippen molar-refractivity contribution < 1.29 is 17.9 Å². The predicted octanol–water partition coefficient (Wildman–Crippen LogP) is 3.48. The van der Waals surface area contributed by atoms with Crippen molar-refractivity contribution in [2.75, 3.05) is 24.2 Å². The largest absolute Gasteiger partial charge is 0.495 e. The lowest BCUT2D eigenvalue weighted by Gasteiger charge is -2.25. The SMILES string of the molecule is COc1ccc(Cl)cc1N(CC(=O)NC(C)c1ccc2c(c1)CCC2)S(C)(=O)=O. The van der Waals surface area contributed by atoms with E-state index in [1.165, 1.54) is 24.3 Å². The molecule has 0 saturated heterocycles. The van der Waals surface area contributed by atoms with E-state index in [1.807, 2.05) is 13.0 Å². The molecular formula is C21H25ClN2O4S. The lowest BCUT2D eigenvalue weighted by atomic mass is 10.0. The van der Waals surface area contributed by atoms with Crippen molar-refractivity contribution in [3.8, 4) is 5.75 Å². The Morgan fingerprint density at radius 3 is 2.62 bits per heavy atom. The van der Waals surface area contributed by atoms with Crippen LogP contribution in [0.4, 0.5) is 5.69 Å². The van der Waals surface area contributed by atoms with Crippen molar-refractivity contribution in [2.45, 2.75) is 32.2 Å². The van der Waals surface area contributed by atoms with Crippen molar-refractivity contribution in [2.24, 2.45) is 0 Å². The third-order valence-electron chi connectivity index (χ3n) is 5.10. The van der Waals surface area contributed by atoms with Gasteiger partial charge in [-0.15, -0.1) is 0 Å². The molecular weight excluding hydrogens is 412 g/mol. The van der Waals surface area contributed by atoms with Gasteiger partial charge in [-0.1, -0.05) is 29.8 Å². The van der Waals surface area contributed by atoms with Gasteiger partial charge in [0.15, 0.2) is 0 Å². The van der Waals surface area contributed by atoms with Gasteiger partial charge in [0.05, 0.1) is 25.1 Å². The van der Waals surface area contributed by atoms with Gasteiger partial charge in [0.2, 0.25) is 15.9 Å². The monoisotopic (exact) mass is 436 g/mol. The molecule has 8 heteroatoms. The molecule has 0 aromatic heterocycles. The van der Waals surface area contributed by atoms with Crippen LogP contribution in [0.3, 0.4) is 0 Å². The van der Waals surface area contributed by atoms with Gasteiger partial charge >= 0.3 is 0 Å². The first kappa shape index (κ1) is 21.5. The minimum atomic E-state index is -3.74. The van der Waals surface area contributed by atoms with E-state index in [0.717, 1.165) is 35.4 Å². The fraction of sp³-hybridized carbons (Fsp3) is 0.381. The minimum Gasteiger partial charge on any atom is -0.495 e. The van der Waals surface area contributed by atoms with E-state index in [-0.39, 0.29) is 18.3 Å². The molecule has 0 spiro atoms. The van der Waals surface area contributed by atoms with E-state index < -0.39 is 15.9 Å². The summed E-state index contributed by atoms with van der Waals surface area (Å²) in [6, 6.07) is 10.7. The number of hydrogen-bond donors (Lipinski definition) is 1. The number of amides is 1. The zero-order chi connectivity index (χ0) is 21.2. The van der Waals surface area contributed by atoms with Gasteiger partial charge in [-0.3, -0.25) is 9.10 Å². The zero-order valence-corrected chi connectivity index (χ0v) is 18.3. The molecule has 1 unspecified atom stereocenters. The van der Waals surface area contributed by atoms with E-state index in [9.17, 15) is 13.2 Å². The van der Waals surface area contributed by atoms with Crippen LogP contribution in [0.25, 0.3) is 0 Å². The number of nitrogens with one attached hydrogen (secondary N) is 1. The van der Waals surface area contributed by atoms with Gasteiger partial charge < -0.3 is 10.1 Å². The Labute approximate surface area is 176 Å². The number of rotatable bonds is 7. The molecule has 0 saturated carbocycles. The predicted molar refractivity (Wildman–Crippen MR) is 115 cm³/mol. The van der Waals surface area contributed by atoms with Crippen molar-refractivity contribution in [3.05, 3.63) is 58.1 Å². The summed E-state index contributed by atoms with van der Waals surface area (Å²) in [5, 5.41) is 3.24. The maximum absolute atomic E-state index is 12.7. The average Bonchev–Trinajstić information content (AvgIpc) is 3.13. The van der Waals surface area contributed by atoms with Crippen molar-refractivity contribution in [1.29, 1.82) is 0 Å². The minimum absolute atomic E-state index is 0.225. The number of fused-ring (bicyclic) bond motifs is 1. The first-order valence-electron chi connectivity index (χ1n) is 9.41. The molecule has 156 valence electrons. The standard InChI is InChI=1S/C21H25ClN2O4S/c1-14(16-8-7-15-5-4-6-17(15)11-16)23-21(25)13-24(29(3,26)27)19-12-18(22)9-10-20(19)28-2/h7-12,14H,4-6,13H2,1-3H3,(H,23,25). The molecule has 29 heavy (non-hydrogen) atoms. The Morgan fingerprint density at radius 2 is 1.93 bits per heavy atom. The second-order valence-electron chi connectivity index (χ2n) is 7.26. The second-order valence-corrected chi connectivity index (χ2v) is 9.60. The number of methoxy groups -OCH3 is 1. The first-order valence-corrected chi connectivity index (χ1v) is 11.6. The quantitative estimate of drug-likeness (QED) is 0.720. The molecule has 2 aromatic rings. The van der Waals surface area contributed by atoms with E-state index in [4.69, 9.17) is 16.3 Å². The van der Waals surface area contributed by atoms with Gasteiger partial charge in [0.25, 0.3) is 0 Å². The third kappa shape index (κ3) is 5.03. The highest BCUT2D eigenvalue weighted by Crippen LogP contribution is 2.32. The molecule has 0 radical (unpaired) electrons. The number of nitrogens with zero attached hydrogens (tertiary/aromatic N) is 1. The van der Waals surface area contributed by atoms with Crippen molar-refractivity contribution in [1.82, 2.24) is 5.32 Å². The molecule has 1 atom stereocenters. The summed E-state index contributed by atoms with van der Waals surface area (Å²) in [5.74, 6) is -0.0928. The highest BCUT2D eigenvalue weighted by Gasteiger charge is 2.25. The number of benzene rings is 2. The van der Waals surface area contributed by atoms with Gasteiger partial charge in [-0.2, -0.15) is 0 Å². The Kier molecular flexibility index (Phi) is 6.39. The molecule has 6 nitrogen and oxygen atoms in total. The number of aryl methyl sites for hydroxylation is 2. The van der Waals surface area contributed by atoms with Gasteiger partial charge in [0, 0.05) is 5.02 Å². The van der Waals surface area contributed by atoms with E-state index >= 15 is 0 Å². The highest BCUT2D eigenvalue weighted by atomic mass is 35.5. The van der Waals surface area contributed by atoms with Crippen LogP contribution in [0.2, 0.25) is 5.02 Å². The Balaban J connectivity index is 1.78. The van der Waals surface area contributed by atoms with Crippen molar-refractivity contribution >= 4 is 33.2 Å². The van der Waals surface area contributed by atoms with E-state index in [1.54, 1.807) is 12.1 Å². The van der Waals surface area contributed by atoms with Crippen LogP contribution in [-0.2, 0) is 27.7 Å². The molecule has 0 fully saturated rings. The van der Waals surface area contributed by atoms with Gasteiger partial charge in [-0.05, 0) is 61.1 Å². The summed E-state index contributed by atoms with van der Waals surface area (Å²) in [7, 11) is -2.30. The normalized spacial score (nSPS) is 14.2. The van der Waals surface area contributed by atoms with Crippen LogP contribution in [0.1, 0.15) is 36.1 Å². The number of ether oxygens (including phenoxy) is 1. The maximum atomic E-state index is 12.7. The molecule has 1 aliphatic rings. The first-order chi connectivity index (χ1) is 13.7. The molecule has 0 bridgehead atoms. The fourth-order valence-corrected chi connectivity index (χ4v) is 4.62. The van der Waals surface area contributed by atoms with Crippen LogP contribution in [0.5, 0.6) is 5.75 Å². The van der Waals surface area contributed by atoms with Crippen molar-refractivity contribution in [3.63, 3.8) is 0 Å². The lowest BCUT2D eigenvalue weighted by molar-refractivity contribution is -0.120. The van der Waals surface area contributed by atoms with Crippen LogP contribution in [0, 0.1) is 0 Å². The highest BCUT2D eigenvalue weighted by molar-refractivity contribution is 7.92. The van der Waals surface area contributed by atoms with E-state index in [0.29, 0.717) is 10.8 Å². The Morgan fingerprint density at radius 1 is 1.21 bits per heavy atom. The molecule has 1 aliphatic carbocycles. The van der Waals surface area contributed by atoms with Crippen LogP contribution in [-0.4, -0.2) is 34.2 Å². The third-order valence-corrected chi connectivity index (χ3v) is 6.46. The van der Waals surface area contributed by atoms with E-state index in [2.05, 4.69) is 17.4 Å². The summed E-state index contributed by atoms with van der Waals surface area (Å²) in [6.45, 7) is 1.52. The average molecular weight is 437 g/mol. The number of hydrogen-bond acceptors (Lipinski definition) is 4. The van der Waals surface area contributed by atoms with Gasteiger partial charge in [-0.25, -0.2) is 8.42 Å². The van der Waals surface area contributed by atoms with Crippen LogP contribution >= 0.6 is 11.6 Å². The molecule has 1 N–H and O–H groups in total. The smallest absolute Gasteiger partial charge is 0.241 e. The number of anilines is 1. The summed E-state index contributed by atoms with van der Waals surface area (Å²) >= 11 is 6.04. The number of carbonyl (C=O) groups excluding carboxylic acids is 1. The Hall–Kier alpha value is -2.25. The molecule has 0 heterocycles. The topological polar surface area (TPSA) is 75.7 Å². The molecule has 2 aromatic carbocycles. The molecule has 1 amide bonds. The summed E-state index contributed by atoms with van der Waals surface area (Å²) in [6.07, 6.45) is 4.36. The fourth-order valence-electron chi connectivity index (χ4n) is 3.60. The summed E-state index contributed by atoms with van der Waals surface area (Å²) < 4.78 is 31.0. The van der Waals surface area contributed by atoms with Gasteiger partial charge in [0.1, 0.15) is 12.3 Å². The van der Waals surface area contributed by atoms with Crippen LogP contribution < -0.4 is 14.4 Å². The second kappa shape index (κ2) is 8.63. The molecule has 0 aliphatic heterocycles. The molecule has 3 rings (SSSR count). The number of carbonyl (C=O) groups is 1. The Bertz CT molecular complexity index is 1020. The number of sulfonamides is 1. The maximum Gasteiger partial charge on any atom is 0.241 e. The van der Waals surface area contributed by atoms with Crippen LogP contribution in [0.15, 0.2) is 36.4 Å². The number of halogens is 1.